The van der Waals surface area contributed by atoms with E-state index in [-0.39, 0.29) is 6.42 Å². The first kappa shape index (κ1) is 10.4. The Balaban J connectivity index is 2.37. The number of rotatable bonds is 3. The van der Waals surface area contributed by atoms with Crippen molar-refractivity contribution in [3.63, 3.8) is 0 Å². The first-order valence-electron chi connectivity index (χ1n) is 4.82. The second-order valence-electron chi connectivity index (χ2n) is 3.42. The van der Waals surface area contributed by atoms with E-state index in [1.54, 1.807) is 24.0 Å². The van der Waals surface area contributed by atoms with Crippen LogP contribution in [0.15, 0.2) is 30.6 Å². The fraction of sp³-hybridized carbons (Fsp3) is 0.182. The van der Waals surface area contributed by atoms with E-state index in [0.717, 1.165) is 5.69 Å². The average Bonchev–Trinajstić information content (AvgIpc) is 2.61. The van der Waals surface area contributed by atoms with Gasteiger partial charge in [0, 0.05) is 25.1 Å². The number of hydrogen-bond donors (Lipinski definition) is 1. The fourth-order valence-electron chi connectivity index (χ4n) is 1.50. The topological polar surface area (TPSA) is 68.0 Å². The lowest BCUT2D eigenvalue weighted by Gasteiger charge is -2.03. The predicted molar refractivity (Wildman–Crippen MR) is 57.8 cm³/mol. The predicted octanol–water partition coefficient (Wildman–Crippen LogP) is 1.11. The summed E-state index contributed by atoms with van der Waals surface area (Å²) in [5, 5.41) is 8.71. The molecule has 0 aliphatic carbocycles. The third-order valence-corrected chi connectivity index (χ3v) is 2.31. The molecule has 1 N–H and O–H groups in total. The zero-order valence-corrected chi connectivity index (χ0v) is 8.79. The Labute approximate surface area is 92.4 Å². The van der Waals surface area contributed by atoms with Crippen LogP contribution < -0.4 is 0 Å². The van der Waals surface area contributed by atoms with Crippen molar-refractivity contribution in [1.82, 2.24) is 14.5 Å². The van der Waals surface area contributed by atoms with Crippen molar-refractivity contribution < 1.29 is 9.90 Å². The maximum Gasteiger partial charge on any atom is 0.309 e. The highest BCUT2D eigenvalue weighted by Crippen LogP contribution is 2.15. The summed E-state index contributed by atoms with van der Waals surface area (Å²) < 4.78 is 1.75. The number of pyridine rings is 1. The van der Waals surface area contributed by atoms with Gasteiger partial charge in [-0.2, -0.15) is 0 Å². The number of carboxylic acid groups (broad SMARTS) is 1. The quantitative estimate of drug-likeness (QED) is 0.836. The van der Waals surface area contributed by atoms with Crippen LogP contribution in [0.1, 0.15) is 5.69 Å². The summed E-state index contributed by atoms with van der Waals surface area (Å²) in [7, 11) is 1.79. The van der Waals surface area contributed by atoms with Crippen LogP contribution in [0.5, 0.6) is 0 Å². The smallest absolute Gasteiger partial charge is 0.309 e. The minimum absolute atomic E-state index is 0.0314. The highest BCUT2D eigenvalue weighted by Gasteiger charge is 2.11. The van der Waals surface area contributed by atoms with E-state index in [1.165, 1.54) is 0 Å². The van der Waals surface area contributed by atoms with Gasteiger partial charge in [0.05, 0.1) is 6.42 Å². The van der Waals surface area contributed by atoms with E-state index in [0.29, 0.717) is 11.5 Å². The van der Waals surface area contributed by atoms with E-state index in [1.807, 2.05) is 18.2 Å². The molecule has 0 atom stereocenters. The number of imidazole rings is 1. The second kappa shape index (κ2) is 4.14. The molecule has 0 fully saturated rings. The molecule has 0 saturated carbocycles. The second-order valence-corrected chi connectivity index (χ2v) is 3.42. The molecule has 5 nitrogen and oxygen atoms in total. The van der Waals surface area contributed by atoms with Gasteiger partial charge in [-0.25, -0.2) is 4.98 Å². The van der Waals surface area contributed by atoms with Crippen LogP contribution in [0, 0.1) is 0 Å². The minimum atomic E-state index is -0.865. The molecule has 2 aromatic heterocycles. The van der Waals surface area contributed by atoms with Gasteiger partial charge in [-0.1, -0.05) is 6.07 Å². The average molecular weight is 217 g/mol. The Morgan fingerprint density at radius 3 is 2.88 bits per heavy atom. The van der Waals surface area contributed by atoms with Crippen molar-refractivity contribution in [1.29, 1.82) is 0 Å². The Hall–Kier alpha value is -2.17. The Morgan fingerprint density at radius 1 is 1.44 bits per heavy atom. The first-order valence-corrected chi connectivity index (χ1v) is 4.82. The van der Waals surface area contributed by atoms with Gasteiger partial charge in [0.15, 0.2) is 5.82 Å². The molecule has 5 heteroatoms. The van der Waals surface area contributed by atoms with Gasteiger partial charge in [0.2, 0.25) is 0 Å². The van der Waals surface area contributed by atoms with Crippen LogP contribution >= 0.6 is 0 Å². The number of nitrogens with zero attached hydrogens (tertiary/aromatic N) is 3. The van der Waals surface area contributed by atoms with Crippen molar-refractivity contribution >= 4 is 5.97 Å². The van der Waals surface area contributed by atoms with E-state index in [2.05, 4.69) is 9.97 Å². The molecule has 0 unspecified atom stereocenters. The van der Waals surface area contributed by atoms with E-state index in [9.17, 15) is 4.79 Å². The van der Waals surface area contributed by atoms with E-state index >= 15 is 0 Å². The molecule has 2 heterocycles. The normalized spacial score (nSPS) is 10.3. The number of aliphatic carboxylic acids is 1. The van der Waals surface area contributed by atoms with Crippen molar-refractivity contribution in [3.05, 3.63) is 36.3 Å². The van der Waals surface area contributed by atoms with Gasteiger partial charge in [-0.15, -0.1) is 0 Å². The zero-order chi connectivity index (χ0) is 11.5. The standard InChI is InChI=1S/C11H11N3O2/c1-14-8(6-10(15)16)7-13-11(14)9-4-2-3-5-12-9/h2-5,7H,6H2,1H3,(H,15,16). The third kappa shape index (κ3) is 1.93. The minimum Gasteiger partial charge on any atom is -0.481 e. The summed E-state index contributed by atoms with van der Waals surface area (Å²) in [6.07, 6.45) is 3.22. The van der Waals surface area contributed by atoms with E-state index in [4.69, 9.17) is 5.11 Å². The van der Waals surface area contributed by atoms with Gasteiger partial charge in [0.25, 0.3) is 0 Å². The SMILES string of the molecule is Cn1c(CC(=O)O)cnc1-c1ccccn1. The van der Waals surface area contributed by atoms with Gasteiger partial charge < -0.3 is 9.67 Å². The fourth-order valence-corrected chi connectivity index (χ4v) is 1.50. The Bertz CT molecular complexity index is 505. The van der Waals surface area contributed by atoms with Crippen molar-refractivity contribution in [3.8, 4) is 11.5 Å². The van der Waals surface area contributed by atoms with Crippen LogP contribution in [0.4, 0.5) is 0 Å². The van der Waals surface area contributed by atoms with Crippen LogP contribution in [-0.2, 0) is 18.3 Å². The van der Waals surface area contributed by atoms with Crippen LogP contribution in [0.25, 0.3) is 11.5 Å². The summed E-state index contributed by atoms with van der Waals surface area (Å²) in [5.74, 6) is -0.188. The van der Waals surface area contributed by atoms with Gasteiger partial charge >= 0.3 is 5.97 Å². The van der Waals surface area contributed by atoms with Gasteiger partial charge in [-0.3, -0.25) is 9.78 Å². The maximum atomic E-state index is 10.6. The summed E-state index contributed by atoms with van der Waals surface area (Å²) >= 11 is 0. The molecule has 0 aliphatic rings. The van der Waals surface area contributed by atoms with Gasteiger partial charge in [-0.05, 0) is 12.1 Å². The molecule has 0 amide bonds. The summed E-state index contributed by atoms with van der Waals surface area (Å²) in [4.78, 5) is 19.0. The largest absolute Gasteiger partial charge is 0.481 e. The summed E-state index contributed by atoms with van der Waals surface area (Å²) in [6.45, 7) is 0. The Kier molecular flexibility index (Phi) is 2.68. The molecule has 2 aromatic rings. The summed E-state index contributed by atoms with van der Waals surface area (Å²) in [5.41, 5.74) is 1.40. The molecule has 0 aromatic carbocycles. The molecule has 0 saturated heterocycles. The molecule has 16 heavy (non-hydrogen) atoms. The third-order valence-electron chi connectivity index (χ3n) is 2.31. The molecule has 0 bridgehead atoms. The number of carbonyl (C=O) groups is 1. The molecular formula is C11H11N3O2. The van der Waals surface area contributed by atoms with E-state index < -0.39 is 5.97 Å². The number of carboxylic acids is 1. The lowest BCUT2D eigenvalue weighted by Crippen LogP contribution is -2.06. The highest BCUT2D eigenvalue weighted by molar-refractivity contribution is 5.70. The molecular weight excluding hydrogens is 206 g/mol. The number of aromatic nitrogens is 3. The highest BCUT2D eigenvalue weighted by atomic mass is 16.4. The molecule has 0 aliphatic heterocycles. The molecule has 82 valence electrons. The monoisotopic (exact) mass is 217 g/mol. The van der Waals surface area contributed by atoms with Crippen molar-refractivity contribution in [2.75, 3.05) is 0 Å². The summed E-state index contributed by atoms with van der Waals surface area (Å²) in [6, 6.07) is 5.53. The van der Waals surface area contributed by atoms with Crippen molar-refractivity contribution in [2.45, 2.75) is 6.42 Å². The lowest BCUT2D eigenvalue weighted by atomic mass is 10.3. The van der Waals surface area contributed by atoms with Gasteiger partial charge in [0.1, 0.15) is 5.69 Å². The molecule has 0 spiro atoms. The van der Waals surface area contributed by atoms with Crippen LogP contribution in [-0.4, -0.2) is 25.6 Å². The maximum absolute atomic E-state index is 10.6. The number of hydrogen-bond acceptors (Lipinski definition) is 3. The molecule has 2 rings (SSSR count). The zero-order valence-electron chi connectivity index (χ0n) is 8.79. The first-order chi connectivity index (χ1) is 7.68. The van der Waals surface area contributed by atoms with Crippen LogP contribution in [0.2, 0.25) is 0 Å². The lowest BCUT2D eigenvalue weighted by molar-refractivity contribution is -0.136. The van der Waals surface area contributed by atoms with Crippen LogP contribution in [0.3, 0.4) is 0 Å². The molecule has 0 radical (unpaired) electrons. The Morgan fingerprint density at radius 2 is 2.25 bits per heavy atom. The van der Waals surface area contributed by atoms with Crippen molar-refractivity contribution in [2.24, 2.45) is 7.05 Å².